The Balaban J connectivity index is 0. The van der Waals surface area contributed by atoms with Crippen LogP contribution in [-0.4, -0.2) is 103 Å². The Labute approximate surface area is 377 Å². The molecule has 58 heavy (non-hydrogen) atoms. The molecule has 0 radical (unpaired) electrons. The van der Waals surface area contributed by atoms with Gasteiger partial charge < -0.3 is 8.97 Å². The molecule has 0 saturated carbocycles. The third-order valence-electron chi connectivity index (χ3n) is 10.3. The van der Waals surface area contributed by atoms with Gasteiger partial charge in [0.05, 0.1) is 52.4 Å². The van der Waals surface area contributed by atoms with Crippen molar-refractivity contribution in [2.75, 3.05) is 52.4 Å². The van der Waals surface area contributed by atoms with Gasteiger partial charge in [0.1, 0.15) is 0 Å². The van der Waals surface area contributed by atoms with Gasteiger partial charge in [-0.2, -0.15) is 0 Å². The van der Waals surface area contributed by atoms with Gasteiger partial charge in [0.2, 0.25) is 0 Å². The molecular weight excluding hydrogens is 966 g/mol. The molecule has 0 aromatic carbocycles. The van der Waals surface area contributed by atoms with Gasteiger partial charge in [-0.25, -0.2) is 0 Å². The molecule has 0 atom stereocenters. The van der Waals surface area contributed by atoms with Gasteiger partial charge >= 0.3 is 160 Å². The molecule has 4 amide bonds. The molecule has 2 rings (SSSR count). The van der Waals surface area contributed by atoms with Gasteiger partial charge in [-0.1, -0.05) is 107 Å². The molecule has 0 aliphatic carbocycles. The molecule has 12 nitrogen and oxygen atoms in total. The van der Waals surface area contributed by atoms with E-state index in [4.69, 9.17) is 0 Å². The summed E-state index contributed by atoms with van der Waals surface area (Å²) in [7, 11) is 0. The zero-order valence-electron chi connectivity index (χ0n) is 38.6. The molecule has 2 aliphatic heterocycles. The number of halogens is 2. The average molecular weight is 1050 g/mol. The van der Waals surface area contributed by atoms with Crippen LogP contribution in [0.1, 0.15) is 198 Å². The minimum Gasteiger partial charge on any atom is -0.324 e. The number of imide groups is 2. The molecule has 0 unspecified atom stereocenters. The third kappa shape index (κ3) is 28.2. The van der Waals surface area contributed by atoms with Crippen LogP contribution in [0.15, 0.2) is 0 Å². The normalized spacial score (nSPS) is 14.2. The summed E-state index contributed by atoms with van der Waals surface area (Å²) in [6, 6.07) is 0. The summed E-state index contributed by atoms with van der Waals surface area (Å²) >= 11 is -2.43. The molecule has 2 fully saturated rings. The number of quaternary nitrogens is 2. The molecule has 0 aromatic heterocycles. The van der Waals surface area contributed by atoms with Crippen molar-refractivity contribution in [2.24, 2.45) is 0 Å². The predicted octanol–water partition coefficient (Wildman–Crippen LogP) is 3.24. The molecule has 0 N–H and O–H groups in total. The van der Waals surface area contributed by atoms with E-state index in [-0.39, 0.29) is 49.3 Å². The molecule has 2 saturated heterocycles. The summed E-state index contributed by atoms with van der Waals surface area (Å²) < 4.78 is 14.2. The van der Waals surface area contributed by atoms with Crippen LogP contribution in [0.3, 0.4) is 0 Å². The predicted molar refractivity (Wildman–Crippen MR) is 224 cm³/mol. The Morgan fingerprint density at radius 1 is 0.414 bits per heavy atom. The number of carbonyl (C=O) groups is 6. The number of unbranched alkanes of at least 4 members (excludes halogenated alkanes) is 8. The first-order valence-electron chi connectivity index (χ1n) is 22.8. The number of hydrogen-bond acceptors (Lipinski definition) is 8. The minimum absolute atomic E-state index is 0.228. The number of hydrogen-bond donors (Lipinski definition) is 0. The van der Waals surface area contributed by atoms with Crippen molar-refractivity contribution in [3.05, 3.63) is 0 Å². The van der Waals surface area contributed by atoms with E-state index in [1.165, 1.54) is 178 Å². The summed E-state index contributed by atoms with van der Waals surface area (Å²) in [6.45, 7) is 32.5. The molecule has 0 aromatic rings. The van der Waals surface area contributed by atoms with E-state index in [0.29, 0.717) is 0 Å². The topological polar surface area (TPSA) is 127 Å². The van der Waals surface area contributed by atoms with Crippen molar-refractivity contribution in [3.8, 4) is 0 Å². The maximum atomic E-state index is 10.9. The first kappa shape index (κ1) is 58.7. The Morgan fingerprint density at radius 2 is 0.586 bits per heavy atom. The molecule has 14 heteroatoms. The second-order valence-corrected chi connectivity index (χ2v) is 19.3. The fraction of sp³-hybridized carbons (Fsp3) is 0.864. The van der Waals surface area contributed by atoms with Crippen LogP contribution < -0.4 is 43.8 Å². The van der Waals surface area contributed by atoms with E-state index < -0.39 is 55.7 Å². The van der Waals surface area contributed by atoms with Gasteiger partial charge in [-0.05, 0) is 51.4 Å². The van der Waals surface area contributed by atoms with E-state index in [1.807, 2.05) is 0 Å². The minimum atomic E-state index is -1.21. The van der Waals surface area contributed by atoms with Crippen molar-refractivity contribution in [3.63, 3.8) is 0 Å². The molecule has 0 spiro atoms. The number of amides is 4. The average Bonchev–Trinajstić information content (AvgIpc) is 3.72. The van der Waals surface area contributed by atoms with Crippen LogP contribution in [0.25, 0.3) is 0 Å². The van der Waals surface area contributed by atoms with E-state index in [0.717, 1.165) is 6.23 Å². The van der Waals surface area contributed by atoms with Crippen molar-refractivity contribution in [2.45, 2.75) is 198 Å². The van der Waals surface area contributed by atoms with E-state index in [2.05, 4.69) is 61.5 Å². The molecular formula is C44H86I2N4O8. The summed E-state index contributed by atoms with van der Waals surface area (Å²) in [5, 5.41) is 0. The van der Waals surface area contributed by atoms with Crippen LogP contribution in [0.2, 0.25) is 0 Å². The summed E-state index contributed by atoms with van der Waals surface area (Å²) in [4.78, 5) is 64.5. The largest absolute Gasteiger partial charge is 0.324 e. The van der Waals surface area contributed by atoms with Crippen LogP contribution in [0.5, 0.6) is 0 Å². The van der Waals surface area contributed by atoms with Crippen molar-refractivity contribution < 1.29 is 87.7 Å². The van der Waals surface area contributed by atoms with Crippen LogP contribution in [-0.2, 0) is 34.9 Å². The fourth-order valence-corrected chi connectivity index (χ4v) is 9.50. The molecule has 2 aliphatic rings. The van der Waals surface area contributed by atoms with Gasteiger partial charge in [-0.15, -0.1) is 0 Å². The third-order valence-corrected chi connectivity index (χ3v) is 14.9. The molecule has 344 valence electrons. The smallest absolute Gasteiger partial charge is 0.0786 e. The van der Waals surface area contributed by atoms with Crippen LogP contribution >= 0.6 is 0 Å². The Morgan fingerprint density at radius 3 is 0.724 bits per heavy atom. The maximum absolute atomic E-state index is 10.9. The SMILES string of the molecule is CC(=O)O[I-]N1C(=O)CCC1=O.CC(=O)O[I-]N1C(=O)CCC1=O.CCCC[N+](CCCC)(CCCC)CCCC.CCCC[N+](CCCC)(CCCC)CCCC. The molecule has 0 bridgehead atoms. The summed E-state index contributed by atoms with van der Waals surface area (Å²) in [5.74, 6) is -1.81. The fourth-order valence-electron chi connectivity index (χ4n) is 6.71. The summed E-state index contributed by atoms with van der Waals surface area (Å²) in [6.07, 6.45) is 23.1. The second-order valence-electron chi connectivity index (χ2n) is 15.7. The Kier molecular flexibility index (Phi) is 37.8. The first-order valence-corrected chi connectivity index (χ1v) is 26.5. The van der Waals surface area contributed by atoms with Crippen molar-refractivity contribution in [1.29, 1.82) is 0 Å². The summed E-state index contributed by atoms with van der Waals surface area (Å²) in [5.41, 5.74) is 0. The maximum Gasteiger partial charge on any atom is 0.0786 e. The zero-order chi connectivity index (χ0) is 44.2. The zero-order valence-corrected chi connectivity index (χ0v) is 42.9. The quantitative estimate of drug-likeness (QED) is 0.0507. The number of rotatable bonds is 28. The Hall–Kier alpha value is -1.40. The first-order chi connectivity index (χ1) is 27.7. The van der Waals surface area contributed by atoms with Crippen LogP contribution in [0, 0.1) is 0 Å². The van der Waals surface area contributed by atoms with Gasteiger partial charge in [0, 0.05) is 0 Å². The number of nitrogens with zero attached hydrogens (tertiary/aromatic N) is 4. The van der Waals surface area contributed by atoms with E-state index in [1.54, 1.807) is 0 Å². The van der Waals surface area contributed by atoms with E-state index >= 15 is 0 Å². The van der Waals surface area contributed by atoms with E-state index in [9.17, 15) is 28.8 Å². The van der Waals surface area contributed by atoms with Gasteiger partial charge in [0.15, 0.2) is 0 Å². The van der Waals surface area contributed by atoms with Gasteiger partial charge in [-0.3, -0.25) is 0 Å². The van der Waals surface area contributed by atoms with Crippen LogP contribution in [0.4, 0.5) is 0 Å². The molecule has 2 heterocycles. The monoisotopic (exact) mass is 1050 g/mol. The Bertz CT molecular complexity index is 950. The second kappa shape index (κ2) is 37.4. The van der Waals surface area contributed by atoms with Crippen molar-refractivity contribution in [1.82, 2.24) is 6.23 Å². The van der Waals surface area contributed by atoms with Crippen molar-refractivity contribution >= 4 is 35.6 Å². The van der Waals surface area contributed by atoms with Gasteiger partial charge in [0.25, 0.3) is 0 Å². The standard InChI is InChI=1S/2C16H36N.2C6H7INO4/c2*1-5-9-13-17(14-10-6-2,15-11-7-3)16-12-8-4;2*1-4(9)12-7-8-5(10)2-3-6(8)11/h2*5-16H2,1-4H3;2*2-3H2,1H3/q2*+1;2*-1. The number of carbonyl (C=O) groups excluding carboxylic acids is 6.